The van der Waals surface area contributed by atoms with Gasteiger partial charge in [-0.3, -0.25) is 0 Å². The summed E-state index contributed by atoms with van der Waals surface area (Å²) in [7, 11) is 0. The quantitative estimate of drug-likeness (QED) is 0.664. The highest BCUT2D eigenvalue weighted by atomic mass is 14.9. The van der Waals surface area contributed by atoms with Gasteiger partial charge < -0.3 is 5.32 Å². The Morgan fingerprint density at radius 1 is 1.67 bits per heavy atom. The summed E-state index contributed by atoms with van der Waals surface area (Å²) in [5.74, 6) is 0.967. The molecule has 1 aliphatic carbocycles. The van der Waals surface area contributed by atoms with Crippen molar-refractivity contribution in [2.75, 3.05) is 6.54 Å². The van der Waals surface area contributed by atoms with Crippen molar-refractivity contribution in [3.8, 4) is 0 Å². The van der Waals surface area contributed by atoms with Crippen LogP contribution in [0.2, 0.25) is 0 Å². The van der Waals surface area contributed by atoms with E-state index in [1.807, 2.05) is 6.92 Å². The van der Waals surface area contributed by atoms with Crippen LogP contribution in [0.4, 0.5) is 0 Å². The number of allylic oxidation sites excluding steroid dienone is 1. The molecule has 1 rings (SSSR count). The summed E-state index contributed by atoms with van der Waals surface area (Å²) in [6, 6.07) is 0. The van der Waals surface area contributed by atoms with E-state index in [9.17, 15) is 0 Å². The van der Waals surface area contributed by atoms with Gasteiger partial charge in [0.05, 0.1) is 0 Å². The monoisotopic (exact) mass is 167 g/mol. The average Bonchev–Trinajstić information content (AvgIpc) is 2.63. The van der Waals surface area contributed by atoms with E-state index in [2.05, 4.69) is 25.7 Å². The van der Waals surface area contributed by atoms with E-state index in [-0.39, 0.29) is 0 Å². The highest BCUT2D eigenvalue weighted by Gasteiger charge is 2.47. The molecule has 0 saturated heterocycles. The molecule has 0 amide bonds. The Hall–Kier alpha value is -0.460. The second-order valence-corrected chi connectivity index (χ2v) is 4.40. The molecule has 1 fully saturated rings. The zero-order valence-electron chi connectivity index (χ0n) is 8.61. The molecule has 1 aliphatic rings. The van der Waals surface area contributed by atoms with Crippen LogP contribution in [0, 0.1) is 11.3 Å². The Bertz CT molecular complexity index is 174. The highest BCUT2D eigenvalue weighted by Crippen LogP contribution is 2.56. The largest absolute Gasteiger partial charge is 0.389 e. The van der Waals surface area contributed by atoms with E-state index in [1.54, 1.807) is 0 Å². The molecular weight excluding hydrogens is 146 g/mol. The van der Waals surface area contributed by atoms with Crippen LogP contribution in [0.3, 0.4) is 0 Å². The van der Waals surface area contributed by atoms with E-state index in [4.69, 9.17) is 0 Å². The summed E-state index contributed by atoms with van der Waals surface area (Å²) >= 11 is 0. The SMILES string of the molecule is C=C(C)NCC[C@@H]1C[C@]1(C)CC. The molecule has 0 radical (unpaired) electrons. The summed E-state index contributed by atoms with van der Waals surface area (Å²) in [5, 5.41) is 3.28. The second kappa shape index (κ2) is 3.51. The lowest BCUT2D eigenvalue weighted by Crippen LogP contribution is -2.13. The molecule has 12 heavy (non-hydrogen) atoms. The van der Waals surface area contributed by atoms with Gasteiger partial charge in [0.2, 0.25) is 0 Å². The van der Waals surface area contributed by atoms with Gasteiger partial charge in [0.1, 0.15) is 0 Å². The molecular formula is C11H21N. The Labute approximate surface area is 76.2 Å². The van der Waals surface area contributed by atoms with Gasteiger partial charge in [0.15, 0.2) is 0 Å². The molecule has 0 aliphatic heterocycles. The van der Waals surface area contributed by atoms with Crippen molar-refractivity contribution in [1.29, 1.82) is 0 Å². The number of hydrogen-bond acceptors (Lipinski definition) is 1. The molecule has 0 unspecified atom stereocenters. The standard InChI is InChI=1S/C11H21N/c1-5-11(4)8-10(11)6-7-12-9(2)3/h10,12H,2,5-8H2,1,3-4H3/t10-,11+/m1/s1. The number of rotatable bonds is 5. The molecule has 1 heteroatoms. The minimum Gasteiger partial charge on any atom is -0.389 e. The maximum atomic E-state index is 3.82. The minimum atomic E-state index is 0.677. The van der Waals surface area contributed by atoms with Crippen molar-refractivity contribution in [2.45, 2.75) is 40.0 Å². The summed E-state index contributed by atoms with van der Waals surface area (Å²) in [5.41, 5.74) is 1.77. The lowest BCUT2D eigenvalue weighted by Gasteiger charge is -2.08. The van der Waals surface area contributed by atoms with E-state index in [1.165, 1.54) is 19.3 Å². The molecule has 0 heterocycles. The molecule has 2 atom stereocenters. The summed E-state index contributed by atoms with van der Waals surface area (Å²) in [4.78, 5) is 0. The van der Waals surface area contributed by atoms with Crippen molar-refractivity contribution in [2.24, 2.45) is 11.3 Å². The third-order valence-electron chi connectivity index (χ3n) is 3.27. The molecule has 0 spiro atoms. The topological polar surface area (TPSA) is 12.0 Å². The van der Waals surface area contributed by atoms with Crippen molar-refractivity contribution in [1.82, 2.24) is 5.32 Å². The maximum Gasteiger partial charge on any atom is 0.0146 e. The predicted molar refractivity (Wildman–Crippen MR) is 53.9 cm³/mol. The van der Waals surface area contributed by atoms with E-state index < -0.39 is 0 Å². The Kier molecular flexibility index (Phi) is 2.81. The molecule has 70 valence electrons. The molecule has 1 saturated carbocycles. The van der Waals surface area contributed by atoms with Crippen molar-refractivity contribution >= 4 is 0 Å². The van der Waals surface area contributed by atoms with Crippen LogP contribution in [-0.4, -0.2) is 6.54 Å². The van der Waals surface area contributed by atoms with Gasteiger partial charge in [-0.2, -0.15) is 0 Å². The Balaban J connectivity index is 2.08. The molecule has 0 aromatic heterocycles. The van der Waals surface area contributed by atoms with Crippen molar-refractivity contribution in [3.05, 3.63) is 12.3 Å². The average molecular weight is 167 g/mol. The zero-order chi connectivity index (χ0) is 9.19. The molecule has 0 aromatic rings. The maximum absolute atomic E-state index is 3.82. The van der Waals surface area contributed by atoms with Crippen LogP contribution in [0.1, 0.15) is 40.0 Å². The normalized spacial score (nSPS) is 33.1. The first-order valence-electron chi connectivity index (χ1n) is 4.98. The van der Waals surface area contributed by atoms with Crippen LogP contribution < -0.4 is 5.32 Å². The first-order chi connectivity index (χ1) is 5.58. The van der Waals surface area contributed by atoms with Gasteiger partial charge in [0, 0.05) is 12.2 Å². The van der Waals surface area contributed by atoms with Gasteiger partial charge in [0.25, 0.3) is 0 Å². The first kappa shape index (κ1) is 9.63. The van der Waals surface area contributed by atoms with Crippen LogP contribution in [0.5, 0.6) is 0 Å². The van der Waals surface area contributed by atoms with E-state index >= 15 is 0 Å². The van der Waals surface area contributed by atoms with Gasteiger partial charge in [-0.15, -0.1) is 0 Å². The second-order valence-electron chi connectivity index (χ2n) is 4.40. The fourth-order valence-electron chi connectivity index (χ4n) is 1.85. The molecule has 0 aromatic carbocycles. The highest BCUT2D eigenvalue weighted by molar-refractivity contribution is 4.98. The summed E-state index contributed by atoms with van der Waals surface area (Å²) in [6.45, 7) is 11.6. The summed E-state index contributed by atoms with van der Waals surface area (Å²) < 4.78 is 0. The Morgan fingerprint density at radius 3 is 2.75 bits per heavy atom. The third-order valence-corrected chi connectivity index (χ3v) is 3.27. The molecule has 1 nitrogen and oxygen atoms in total. The van der Waals surface area contributed by atoms with Crippen molar-refractivity contribution in [3.63, 3.8) is 0 Å². The first-order valence-corrected chi connectivity index (χ1v) is 4.98. The fourth-order valence-corrected chi connectivity index (χ4v) is 1.85. The van der Waals surface area contributed by atoms with E-state index in [0.717, 1.165) is 18.2 Å². The van der Waals surface area contributed by atoms with E-state index in [0.29, 0.717) is 5.41 Å². The fraction of sp³-hybridized carbons (Fsp3) is 0.818. The zero-order valence-corrected chi connectivity index (χ0v) is 8.61. The lowest BCUT2D eigenvalue weighted by molar-refractivity contribution is 0.464. The number of hydrogen-bond donors (Lipinski definition) is 1. The van der Waals surface area contributed by atoms with Crippen LogP contribution in [-0.2, 0) is 0 Å². The van der Waals surface area contributed by atoms with Crippen molar-refractivity contribution < 1.29 is 0 Å². The predicted octanol–water partition coefficient (Wildman–Crippen LogP) is 2.94. The third kappa shape index (κ3) is 2.26. The van der Waals surface area contributed by atoms with Gasteiger partial charge in [-0.25, -0.2) is 0 Å². The summed E-state index contributed by atoms with van der Waals surface area (Å²) in [6.07, 6.45) is 4.09. The van der Waals surface area contributed by atoms with Gasteiger partial charge in [-0.05, 0) is 31.1 Å². The van der Waals surface area contributed by atoms with Crippen LogP contribution in [0.25, 0.3) is 0 Å². The van der Waals surface area contributed by atoms with Crippen LogP contribution >= 0.6 is 0 Å². The van der Waals surface area contributed by atoms with Crippen LogP contribution in [0.15, 0.2) is 12.3 Å². The van der Waals surface area contributed by atoms with Gasteiger partial charge in [-0.1, -0.05) is 26.8 Å². The smallest absolute Gasteiger partial charge is 0.0146 e. The van der Waals surface area contributed by atoms with Gasteiger partial charge >= 0.3 is 0 Å². The Morgan fingerprint density at radius 2 is 2.33 bits per heavy atom. The minimum absolute atomic E-state index is 0.677. The molecule has 1 N–H and O–H groups in total. The lowest BCUT2D eigenvalue weighted by atomic mass is 10.0. The molecule has 0 bridgehead atoms. The number of nitrogens with one attached hydrogen (secondary N) is 1.